The molecular weight excluding hydrogens is 415 g/mol. The lowest BCUT2D eigenvalue weighted by Crippen LogP contribution is -2.22. The number of rotatable bonds is 9. The van der Waals surface area contributed by atoms with Crippen molar-refractivity contribution in [2.75, 3.05) is 18.2 Å². The van der Waals surface area contributed by atoms with Gasteiger partial charge in [0.25, 0.3) is 5.91 Å². The molecule has 0 fully saturated rings. The zero-order valence-electron chi connectivity index (χ0n) is 17.1. The maximum atomic E-state index is 12.9. The Kier molecular flexibility index (Phi) is 8.06. The van der Waals surface area contributed by atoms with E-state index in [1.165, 1.54) is 36.0 Å². The first-order valence-electron chi connectivity index (χ1n) is 9.67. The fourth-order valence-electron chi connectivity index (χ4n) is 2.77. The van der Waals surface area contributed by atoms with E-state index in [0.29, 0.717) is 23.5 Å². The maximum Gasteiger partial charge on any atom is 0.251 e. The van der Waals surface area contributed by atoms with E-state index in [9.17, 15) is 14.0 Å². The summed E-state index contributed by atoms with van der Waals surface area (Å²) >= 11 is 1.46. The van der Waals surface area contributed by atoms with Gasteiger partial charge in [0.05, 0.1) is 12.9 Å². The first-order valence-corrected chi connectivity index (χ1v) is 10.8. The summed E-state index contributed by atoms with van der Waals surface area (Å²) in [5.74, 6) is 1.06. The Morgan fingerprint density at radius 3 is 2.19 bits per heavy atom. The van der Waals surface area contributed by atoms with Crippen molar-refractivity contribution >= 4 is 29.3 Å². The molecule has 3 aromatic carbocycles. The maximum absolute atomic E-state index is 12.9. The molecule has 2 N–H and O–H groups in total. The highest BCUT2D eigenvalue weighted by Crippen LogP contribution is 2.15. The quantitative estimate of drug-likeness (QED) is 0.511. The van der Waals surface area contributed by atoms with Crippen molar-refractivity contribution in [2.45, 2.75) is 12.3 Å². The van der Waals surface area contributed by atoms with E-state index >= 15 is 0 Å². The molecule has 0 saturated heterocycles. The number of carbonyl (C=O) groups is 2. The van der Waals surface area contributed by atoms with Crippen LogP contribution in [0.1, 0.15) is 21.5 Å². The average Bonchev–Trinajstić information content (AvgIpc) is 2.80. The largest absolute Gasteiger partial charge is 0.497 e. The van der Waals surface area contributed by atoms with Crippen LogP contribution in [0, 0.1) is 5.82 Å². The summed E-state index contributed by atoms with van der Waals surface area (Å²) in [6.07, 6.45) is 0. The number of hydrogen-bond acceptors (Lipinski definition) is 4. The highest BCUT2D eigenvalue weighted by Gasteiger charge is 2.07. The van der Waals surface area contributed by atoms with Crippen LogP contribution in [0.25, 0.3) is 0 Å². The first kappa shape index (κ1) is 22.4. The number of halogens is 1. The SMILES string of the molecule is COc1ccc(CNC(=O)c2ccc(CSCC(=O)Nc3ccc(F)cc3)cc2)cc1. The van der Waals surface area contributed by atoms with Crippen molar-refractivity contribution in [3.05, 3.63) is 95.3 Å². The molecule has 5 nitrogen and oxygen atoms in total. The number of amides is 2. The number of hydrogen-bond donors (Lipinski definition) is 2. The van der Waals surface area contributed by atoms with E-state index in [1.807, 2.05) is 36.4 Å². The molecule has 0 saturated carbocycles. The summed E-state index contributed by atoms with van der Waals surface area (Å²) < 4.78 is 18.0. The number of methoxy groups -OCH3 is 1. The van der Waals surface area contributed by atoms with Crippen molar-refractivity contribution in [2.24, 2.45) is 0 Å². The molecule has 0 aliphatic rings. The number of anilines is 1. The molecule has 3 aromatic rings. The van der Waals surface area contributed by atoms with Crippen LogP contribution >= 0.6 is 11.8 Å². The van der Waals surface area contributed by atoms with Crippen molar-refractivity contribution < 1.29 is 18.7 Å². The molecule has 0 unspecified atom stereocenters. The first-order chi connectivity index (χ1) is 15.0. The molecule has 0 heterocycles. The Morgan fingerprint density at radius 1 is 0.903 bits per heavy atom. The summed E-state index contributed by atoms with van der Waals surface area (Å²) in [5.41, 5.74) is 3.15. The van der Waals surface area contributed by atoms with Gasteiger partial charge in [0.1, 0.15) is 11.6 Å². The van der Waals surface area contributed by atoms with Crippen LogP contribution in [-0.4, -0.2) is 24.7 Å². The van der Waals surface area contributed by atoms with E-state index in [2.05, 4.69) is 10.6 Å². The van der Waals surface area contributed by atoms with Gasteiger partial charge in [-0.1, -0.05) is 24.3 Å². The monoisotopic (exact) mass is 438 g/mol. The fourth-order valence-corrected chi connectivity index (χ4v) is 3.56. The highest BCUT2D eigenvalue weighted by molar-refractivity contribution is 7.99. The van der Waals surface area contributed by atoms with Crippen molar-refractivity contribution in [1.82, 2.24) is 5.32 Å². The lowest BCUT2D eigenvalue weighted by molar-refractivity contribution is -0.113. The third-order valence-corrected chi connectivity index (χ3v) is 5.46. The fraction of sp³-hybridized carbons (Fsp3) is 0.167. The minimum Gasteiger partial charge on any atom is -0.497 e. The molecule has 0 aromatic heterocycles. The Balaban J connectivity index is 1.41. The lowest BCUT2D eigenvalue weighted by atomic mass is 10.1. The predicted molar refractivity (Wildman–Crippen MR) is 122 cm³/mol. The second kappa shape index (κ2) is 11.2. The van der Waals surface area contributed by atoms with Crippen LogP contribution in [0.2, 0.25) is 0 Å². The van der Waals surface area contributed by atoms with Gasteiger partial charge in [-0.25, -0.2) is 4.39 Å². The molecule has 3 rings (SSSR count). The van der Waals surface area contributed by atoms with Crippen LogP contribution < -0.4 is 15.4 Å². The molecular formula is C24H23FN2O3S. The van der Waals surface area contributed by atoms with E-state index in [0.717, 1.165) is 16.9 Å². The smallest absolute Gasteiger partial charge is 0.251 e. The molecule has 0 aliphatic heterocycles. The summed E-state index contributed by atoms with van der Waals surface area (Å²) in [5, 5.41) is 5.62. The number of nitrogens with one attached hydrogen (secondary N) is 2. The van der Waals surface area contributed by atoms with Gasteiger partial charge in [-0.2, -0.15) is 0 Å². The van der Waals surface area contributed by atoms with Gasteiger partial charge in [-0.15, -0.1) is 11.8 Å². The standard InChI is InChI=1S/C24H23FN2O3S/c1-30-22-12-4-17(5-13-22)14-26-24(29)19-6-2-18(3-7-19)15-31-16-23(28)27-21-10-8-20(25)9-11-21/h2-13H,14-16H2,1H3,(H,26,29)(H,27,28). The van der Waals surface area contributed by atoms with E-state index in [-0.39, 0.29) is 23.4 Å². The van der Waals surface area contributed by atoms with Crippen LogP contribution in [0.3, 0.4) is 0 Å². The lowest BCUT2D eigenvalue weighted by Gasteiger charge is -2.08. The molecule has 0 atom stereocenters. The highest BCUT2D eigenvalue weighted by atomic mass is 32.2. The Morgan fingerprint density at radius 2 is 1.55 bits per heavy atom. The van der Waals surface area contributed by atoms with Crippen LogP contribution in [0.4, 0.5) is 10.1 Å². The third kappa shape index (κ3) is 7.15. The summed E-state index contributed by atoms with van der Waals surface area (Å²) in [7, 11) is 1.61. The summed E-state index contributed by atoms with van der Waals surface area (Å²) in [4.78, 5) is 24.3. The van der Waals surface area contributed by atoms with Gasteiger partial charge in [-0.3, -0.25) is 9.59 Å². The topological polar surface area (TPSA) is 67.4 Å². The zero-order chi connectivity index (χ0) is 22.1. The minimum atomic E-state index is -0.342. The van der Waals surface area contributed by atoms with Crippen LogP contribution in [0.15, 0.2) is 72.8 Å². The molecule has 0 spiro atoms. The van der Waals surface area contributed by atoms with Crippen molar-refractivity contribution in [3.63, 3.8) is 0 Å². The predicted octanol–water partition coefficient (Wildman–Crippen LogP) is 4.64. The molecule has 0 radical (unpaired) electrons. The average molecular weight is 439 g/mol. The molecule has 160 valence electrons. The third-order valence-electron chi connectivity index (χ3n) is 4.46. The summed E-state index contributed by atoms with van der Waals surface area (Å²) in [6.45, 7) is 0.434. The second-order valence-electron chi connectivity index (χ2n) is 6.78. The van der Waals surface area contributed by atoms with E-state index in [1.54, 1.807) is 19.2 Å². The molecule has 7 heteroatoms. The summed E-state index contributed by atoms with van der Waals surface area (Å²) in [6, 6.07) is 20.5. The van der Waals surface area contributed by atoms with E-state index in [4.69, 9.17) is 4.74 Å². The number of benzene rings is 3. The van der Waals surface area contributed by atoms with Gasteiger partial charge in [0, 0.05) is 23.5 Å². The molecule has 0 bridgehead atoms. The minimum absolute atomic E-state index is 0.145. The normalized spacial score (nSPS) is 10.4. The molecule has 0 aliphatic carbocycles. The Hall–Kier alpha value is -3.32. The second-order valence-corrected chi connectivity index (χ2v) is 7.76. The van der Waals surface area contributed by atoms with Crippen LogP contribution in [-0.2, 0) is 17.1 Å². The molecule has 31 heavy (non-hydrogen) atoms. The van der Waals surface area contributed by atoms with E-state index < -0.39 is 0 Å². The number of carbonyl (C=O) groups excluding carboxylic acids is 2. The Bertz CT molecular complexity index is 1010. The zero-order valence-corrected chi connectivity index (χ0v) is 17.9. The van der Waals surface area contributed by atoms with Crippen LogP contribution in [0.5, 0.6) is 5.75 Å². The Labute approximate surface area is 185 Å². The molecule has 2 amide bonds. The van der Waals surface area contributed by atoms with Crippen molar-refractivity contribution in [1.29, 1.82) is 0 Å². The van der Waals surface area contributed by atoms with Crippen molar-refractivity contribution in [3.8, 4) is 5.75 Å². The number of thioether (sulfide) groups is 1. The van der Waals surface area contributed by atoms with Gasteiger partial charge in [0.15, 0.2) is 0 Å². The van der Waals surface area contributed by atoms with Gasteiger partial charge in [0.2, 0.25) is 5.91 Å². The van der Waals surface area contributed by atoms with Gasteiger partial charge >= 0.3 is 0 Å². The van der Waals surface area contributed by atoms with Gasteiger partial charge in [-0.05, 0) is 59.7 Å². The number of ether oxygens (including phenoxy) is 1. The van der Waals surface area contributed by atoms with Gasteiger partial charge < -0.3 is 15.4 Å².